The van der Waals surface area contributed by atoms with Gasteiger partial charge < -0.3 is 4.74 Å². The number of nitrogens with one attached hydrogen (secondary N) is 1. The molecular weight excluding hydrogens is 314 g/mol. The molecule has 0 aliphatic heterocycles. The Bertz CT molecular complexity index is 828. The van der Waals surface area contributed by atoms with Gasteiger partial charge in [0.1, 0.15) is 0 Å². The number of carbonyl (C=O) groups is 1. The smallest absolute Gasteiger partial charge is 0.265 e. The highest BCUT2D eigenvalue weighted by Crippen LogP contribution is 2.16. The normalized spacial score (nSPS) is 11.3. The Kier molecular flexibility index (Phi) is 5.18. The number of hydrogen-bond acceptors (Lipinski definition) is 4. The first-order valence-corrected chi connectivity index (χ1v) is 8.54. The number of carbonyl (C=O) groups excluding carboxylic acids is 1. The summed E-state index contributed by atoms with van der Waals surface area (Å²) < 4.78 is 31.9. The van der Waals surface area contributed by atoms with E-state index < -0.39 is 15.9 Å². The van der Waals surface area contributed by atoms with E-state index in [0.29, 0.717) is 5.56 Å². The molecule has 5 nitrogen and oxygen atoms in total. The first kappa shape index (κ1) is 17.2. The molecule has 0 radical (unpaired) electrons. The summed E-state index contributed by atoms with van der Waals surface area (Å²) in [5.74, 6) is -0.670. The first-order chi connectivity index (χ1) is 10.8. The maximum atomic E-state index is 12.4. The van der Waals surface area contributed by atoms with Crippen molar-refractivity contribution in [2.45, 2.75) is 25.3 Å². The van der Waals surface area contributed by atoms with Crippen LogP contribution in [0, 0.1) is 13.8 Å². The Morgan fingerprint density at radius 1 is 1.09 bits per heavy atom. The molecule has 0 atom stereocenters. The second-order valence-corrected chi connectivity index (χ2v) is 6.95. The molecule has 0 unspecified atom stereocenters. The summed E-state index contributed by atoms with van der Waals surface area (Å²) in [7, 11) is -2.40. The third kappa shape index (κ3) is 3.97. The minimum atomic E-state index is -3.92. The summed E-state index contributed by atoms with van der Waals surface area (Å²) in [5, 5.41) is 0. The van der Waals surface area contributed by atoms with Gasteiger partial charge in [-0.2, -0.15) is 0 Å². The number of benzene rings is 2. The van der Waals surface area contributed by atoms with E-state index in [-0.39, 0.29) is 17.1 Å². The van der Waals surface area contributed by atoms with E-state index in [0.717, 1.165) is 11.1 Å². The van der Waals surface area contributed by atoms with Crippen molar-refractivity contribution in [2.75, 3.05) is 7.11 Å². The zero-order valence-corrected chi connectivity index (χ0v) is 14.1. The van der Waals surface area contributed by atoms with Gasteiger partial charge in [0, 0.05) is 12.7 Å². The van der Waals surface area contributed by atoms with Gasteiger partial charge in [-0.25, -0.2) is 13.1 Å². The van der Waals surface area contributed by atoms with E-state index in [1.54, 1.807) is 36.4 Å². The van der Waals surface area contributed by atoms with E-state index in [1.165, 1.54) is 13.2 Å². The molecule has 23 heavy (non-hydrogen) atoms. The van der Waals surface area contributed by atoms with E-state index in [1.807, 2.05) is 13.8 Å². The highest BCUT2D eigenvalue weighted by Gasteiger charge is 2.20. The van der Waals surface area contributed by atoms with E-state index in [2.05, 4.69) is 4.72 Å². The lowest BCUT2D eigenvalue weighted by molar-refractivity contribution is 0.0976. The molecule has 0 saturated carbocycles. The van der Waals surface area contributed by atoms with Crippen molar-refractivity contribution in [1.29, 1.82) is 0 Å². The van der Waals surface area contributed by atoms with Crippen molar-refractivity contribution < 1.29 is 17.9 Å². The van der Waals surface area contributed by atoms with Crippen molar-refractivity contribution in [2.24, 2.45) is 0 Å². The minimum absolute atomic E-state index is 0.0678. The van der Waals surface area contributed by atoms with Gasteiger partial charge in [0.25, 0.3) is 15.9 Å². The minimum Gasteiger partial charge on any atom is -0.380 e. The lowest BCUT2D eigenvalue weighted by atomic mass is 10.1. The molecule has 0 spiro atoms. The largest absolute Gasteiger partial charge is 0.380 e. The maximum Gasteiger partial charge on any atom is 0.265 e. The van der Waals surface area contributed by atoms with Crippen LogP contribution < -0.4 is 4.72 Å². The lowest BCUT2D eigenvalue weighted by Crippen LogP contribution is -2.31. The first-order valence-electron chi connectivity index (χ1n) is 7.06. The van der Waals surface area contributed by atoms with E-state index in [4.69, 9.17) is 4.74 Å². The second kappa shape index (κ2) is 6.93. The van der Waals surface area contributed by atoms with Gasteiger partial charge in [-0.1, -0.05) is 24.3 Å². The zero-order valence-electron chi connectivity index (χ0n) is 13.3. The van der Waals surface area contributed by atoms with Crippen LogP contribution >= 0.6 is 0 Å². The third-order valence-electron chi connectivity index (χ3n) is 3.58. The molecule has 0 aliphatic carbocycles. The van der Waals surface area contributed by atoms with Crippen LogP contribution in [0.25, 0.3) is 0 Å². The fourth-order valence-electron chi connectivity index (χ4n) is 2.14. The predicted molar refractivity (Wildman–Crippen MR) is 87.7 cm³/mol. The average molecular weight is 333 g/mol. The molecule has 1 amide bonds. The molecule has 2 rings (SSSR count). The summed E-state index contributed by atoms with van der Waals surface area (Å²) >= 11 is 0. The number of hydrogen-bond donors (Lipinski definition) is 1. The number of methoxy groups -OCH3 is 1. The molecule has 0 bridgehead atoms. The Morgan fingerprint density at radius 2 is 1.78 bits per heavy atom. The molecule has 0 heterocycles. The summed E-state index contributed by atoms with van der Waals surface area (Å²) in [6.07, 6.45) is 0. The molecule has 1 N–H and O–H groups in total. The van der Waals surface area contributed by atoms with Crippen LogP contribution in [0.15, 0.2) is 47.4 Å². The Balaban J connectivity index is 2.30. The molecule has 0 saturated heterocycles. The van der Waals surface area contributed by atoms with E-state index >= 15 is 0 Å². The quantitative estimate of drug-likeness (QED) is 0.913. The summed E-state index contributed by atoms with van der Waals surface area (Å²) in [5.41, 5.74) is 2.74. The predicted octanol–water partition coefficient (Wildman–Crippen LogP) is 2.57. The number of amides is 1. The van der Waals surface area contributed by atoms with Gasteiger partial charge in [-0.3, -0.25) is 4.79 Å². The highest BCUT2D eigenvalue weighted by molar-refractivity contribution is 7.90. The molecular formula is C17H19NO4S. The van der Waals surface area contributed by atoms with Crippen LogP contribution in [0.4, 0.5) is 0 Å². The number of sulfonamides is 1. The zero-order chi connectivity index (χ0) is 17.0. The molecule has 6 heteroatoms. The van der Waals surface area contributed by atoms with Gasteiger partial charge in [-0.05, 0) is 48.7 Å². The SMILES string of the molecule is COCc1ccccc1C(=O)NS(=O)(=O)c1ccc(C)c(C)c1. The number of ether oxygens (including phenoxy) is 1. The summed E-state index contributed by atoms with van der Waals surface area (Å²) in [4.78, 5) is 12.4. The Hall–Kier alpha value is -2.18. The molecule has 2 aromatic rings. The Labute approximate surface area is 136 Å². The molecule has 0 fully saturated rings. The third-order valence-corrected chi connectivity index (χ3v) is 4.91. The fourth-order valence-corrected chi connectivity index (χ4v) is 3.19. The van der Waals surface area contributed by atoms with Crippen molar-refractivity contribution in [3.8, 4) is 0 Å². The van der Waals surface area contributed by atoms with Gasteiger partial charge in [0.2, 0.25) is 0 Å². The molecule has 0 aliphatic rings. The monoisotopic (exact) mass is 333 g/mol. The highest BCUT2D eigenvalue weighted by atomic mass is 32.2. The van der Waals surface area contributed by atoms with Crippen LogP contribution in [0.1, 0.15) is 27.0 Å². The van der Waals surface area contributed by atoms with Crippen molar-refractivity contribution in [3.05, 3.63) is 64.7 Å². The van der Waals surface area contributed by atoms with Crippen LogP contribution in [0.3, 0.4) is 0 Å². The summed E-state index contributed by atoms with van der Waals surface area (Å²) in [6, 6.07) is 11.5. The standard InChI is InChI=1S/C17H19NO4S/c1-12-8-9-15(10-13(12)2)23(20,21)18-17(19)16-7-5-4-6-14(16)11-22-3/h4-10H,11H2,1-3H3,(H,18,19). The van der Waals surface area contributed by atoms with E-state index in [9.17, 15) is 13.2 Å². The topological polar surface area (TPSA) is 72.5 Å². The second-order valence-electron chi connectivity index (χ2n) is 5.27. The fraction of sp³-hybridized carbons (Fsp3) is 0.235. The molecule has 2 aromatic carbocycles. The van der Waals surface area contributed by atoms with Crippen LogP contribution in [0.2, 0.25) is 0 Å². The van der Waals surface area contributed by atoms with Crippen LogP contribution in [0.5, 0.6) is 0 Å². The summed E-state index contributed by atoms with van der Waals surface area (Å²) in [6.45, 7) is 3.95. The molecule has 122 valence electrons. The van der Waals surface area contributed by atoms with Crippen molar-refractivity contribution in [1.82, 2.24) is 4.72 Å². The van der Waals surface area contributed by atoms with Crippen molar-refractivity contribution >= 4 is 15.9 Å². The molecule has 0 aromatic heterocycles. The van der Waals surface area contributed by atoms with Gasteiger partial charge in [0.05, 0.1) is 11.5 Å². The van der Waals surface area contributed by atoms with Crippen molar-refractivity contribution in [3.63, 3.8) is 0 Å². The Morgan fingerprint density at radius 3 is 2.43 bits per heavy atom. The maximum absolute atomic E-state index is 12.4. The lowest BCUT2D eigenvalue weighted by Gasteiger charge is -2.11. The number of aryl methyl sites for hydroxylation is 2. The van der Waals surface area contributed by atoms with Crippen LogP contribution in [-0.4, -0.2) is 21.4 Å². The average Bonchev–Trinajstić information content (AvgIpc) is 2.50. The number of rotatable bonds is 5. The van der Waals surface area contributed by atoms with Gasteiger partial charge in [0.15, 0.2) is 0 Å². The van der Waals surface area contributed by atoms with Gasteiger partial charge in [-0.15, -0.1) is 0 Å². The van der Waals surface area contributed by atoms with Gasteiger partial charge >= 0.3 is 0 Å². The van der Waals surface area contributed by atoms with Crippen LogP contribution in [-0.2, 0) is 21.4 Å².